The zero-order valence-electron chi connectivity index (χ0n) is 26.3. The van der Waals surface area contributed by atoms with E-state index in [2.05, 4.69) is 40.0 Å². The Kier molecular flexibility index (Phi) is 10.0. The summed E-state index contributed by atoms with van der Waals surface area (Å²) in [6.45, 7) is 9.30. The molecule has 2 saturated heterocycles. The fourth-order valence-electron chi connectivity index (χ4n) is 7.09. The van der Waals surface area contributed by atoms with Gasteiger partial charge in [0.05, 0.1) is 25.1 Å². The molecule has 5 rings (SSSR count). The molecule has 5 bridgehead atoms. The number of hydrogen-bond donors (Lipinski definition) is 2. The summed E-state index contributed by atoms with van der Waals surface area (Å²) in [6.07, 6.45) is 5.10. The number of likely N-dealkylation sites (tertiary alicyclic amines) is 1. The molecule has 4 heterocycles. The molecule has 0 unspecified atom stereocenters. The quantitative estimate of drug-likeness (QED) is 0.331. The highest BCUT2D eigenvalue weighted by Gasteiger charge is 2.75. The van der Waals surface area contributed by atoms with Gasteiger partial charge in [-0.15, -0.1) is 0 Å². The molecule has 7 atom stereocenters. The van der Waals surface area contributed by atoms with Gasteiger partial charge in [-0.25, -0.2) is 0 Å². The molecule has 0 radical (unpaired) electrons. The summed E-state index contributed by atoms with van der Waals surface area (Å²) in [5.74, 6) is -3.66. The molecule has 4 aliphatic heterocycles. The number of nitrogens with one attached hydrogen (secondary N) is 1. The minimum Gasteiger partial charge on any atom is -0.460 e. The summed E-state index contributed by atoms with van der Waals surface area (Å²) < 4.78 is 12.9. The third kappa shape index (κ3) is 5.92. The normalized spacial score (nSPS) is 31.8. The Hall–Kier alpha value is -3.22. The van der Waals surface area contributed by atoms with Crippen LogP contribution in [-0.4, -0.2) is 96.4 Å². The van der Waals surface area contributed by atoms with Crippen molar-refractivity contribution in [1.82, 2.24) is 10.2 Å². The predicted octanol–water partition coefficient (Wildman–Crippen LogP) is 2.91. The van der Waals surface area contributed by atoms with Crippen LogP contribution >= 0.6 is 15.9 Å². The average Bonchev–Trinajstić information content (AvgIpc) is 3.62. The van der Waals surface area contributed by atoms with E-state index in [4.69, 9.17) is 9.47 Å². The Morgan fingerprint density at radius 1 is 1.09 bits per heavy atom. The van der Waals surface area contributed by atoms with Gasteiger partial charge in [0.15, 0.2) is 0 Å². The Labute approximate surface area is 272 Å². The summed E-state index contributed by atoms with van der Waals surface area (Å²) in [7, 11) is 0. The zero-order valence-corrected chi connectivity index (χ0v) is 27.9. The number of fused-ring (bicyclic) bond motifs is 2. The molecule has 45 heavy (non-hydrogen) atoms. The number of cyclic esters (lactones) is 1. The first kappa shape index (κ1) is 33.2. The molecule has 11 nitrogen and oxygen atoms in total. The molecular formula is C33H43BrN4O7. The van der Waals surface area contributed by atoms with E-state index < -0.39 is 53.6 Å². The van der Waals surface area contributed by atoms with Crippen LogP contribution < -0.4 is 15.1 Å². The van der Waals surface area contributed by atoms with Gasteiger partial charge in [-0.3, -0.25) is 19.2 Å². The van der Waals surface area contributed by atoms with Crippen LogP contribution in [0.5, 0.6) is 0 Å². The first-order chi connectivity index (χ1) is 21.6. The lowest BCUT2D eigenvalue weighted by Crippen LogP contribution is -2.58. The maximum atomic E-state index is 14.9. The van der Waals surface area contributed by atoms with Crippen LogP contribution in [0, 0.1) is 11.8 Å². The lowest BCUT2D eigenvalue weighted by Gasteiger charge is -2.38. The van der Waals surface area contributed by atoms with Gasteiger partial charge in [0.25, 0.3) is 5.91 Å². The monoisotopic (exact) mass is 686 g/mol. The standard InChI is InChI=1S/C33H43BrN4O7/c1-5-21(19-39)38-29-31(42)37(23-14-12-22(13-15-23)36(6-2)7-3)16-10-8-9-11-25(40)35-18-20(4)44-32(43)26-27(30(38)41)33(29)17-24(34)28(26)45-33/h8,10,12-15,17,20-21,26-29,39H,5-7,9,11,16,18-19H2,1-4H3,(H,35,40)/b10-8-/t20-,21-,26+,27-,28+,29+,33-/m0/s1. The van der Waals surface area contributed by atoms with Crippen LogP contribution in [-0.2, 0) is 28.7 Å². The van der Waals surface area contributed by atoms with Crippen LogP contribution in [0.4, 0.5) is 11.4 Å². The molecule has 2 N–H and O–H groups in total. The number of hydrogen-bond acceptors (Lipinski definition) is 8. The summed E-state index contributed by atoms with van der Waals surface area (Å²) in [6, 6.07) is 5.89. The lowest BCUT2D eigenvalue weighted by atomic mass is 9.74. The van der Waals surface area contributed by atoms with Gasteiger partial charge in [0.1, 0.15) is 29.8 Å². The Bertz CT molecular complexity index is 1360. The Balaban J connectivity index is 1.63. The number of aliphatic hydroxyl groups is 1. The Morgan fingerprint density at radius 2 is 1.80 bits per heavy atom. The molecule has 0 aliphatic carbocycles. The number of esters is 1. The van der Waals surface area contributed by atoms with Crippen molar-refractivity contribution in [2.24, 2.45) is 11.8 Å². The molecule has 4 aliphatic rings. The number of carbonyl (C=O) groups excluding carboxylic acids is 4. The van der Waals surface area contributed by atoms with Crippen LogP contribution in [0.25, 0.3) is 0 Å². The molecular weight excluding hydrogens is 644 g/mol. The Morgan fingerprint density at radius 3 is 2.44 bits per heavy atom. The van der Waals surface area contributed by atoms with Gasteiger partial charge in [-0.1, -0.05) is 35.0 Å². The fraction of sp³-hybridized carbons (Fsp3) is 0.576. The molecule has 0 aromatic heterocycles. The van der Waals surface area contributed by atoms with Crippen molar-refractivity contribution in [2.75, 3.05) is 42.6 Å². The highest BCUT2D eigenvalue weighted by Crippen LogP contribution is 2.59. The van der Waals surface area contributed by atoms with Gasteiger partial charge in [0, 0.05) is 41.9 Å². The van der Waals surface area contributed by atoms with Gasteiger partial charge in [-0.2, -0.15) is 0 Å². The number of rotatable bonds is 7. The second-order valence-electron chi connectivity index (χ2n) is 12.0. The van der Waals surface area contributed by atoms with Crippen LogP contribution in [0.3, 0.4) is 0 Å². The van der Waals surface area contributed by atoms with Crippen LogP contribution in [0.1, 0.15) is 47.0 Å². The minimum absolute atomic E-state index is 0.125. The first-order valence-electron chi connectivity index (χ1n) is 15.9. The van der Waals surface area contributed by atoms with Gasteiger partial charge < -0.3 is 34.6 Å². The maximum absolute atomic E-state index is 14.9. The largest absolute Gasteiger partial charge is 0.460 e. The zero-order chi connectivity index (χ0) is 32.5. The summed E-state index contributed by atoms with van der Waals surface area (Å²) in [5, 5.41) is 13.2. The van der Waals surface area contributed by atoms with E-state index in [1.54, 1.807) is 17.9 Å². The minimum atomic E-state index is -1.45. The number of carbonyl (C=O) groups is 4. The van der Waals surface area contributed by atoms with E-state index in [0.29, 0.717) is 23.0 Å². The highest BCUT2D eigenvalue weighted by molar-refractivity contribution is 9.11. The molecule has 1 spiro atoms. The van der Waals surface area contributed by atoms with Crippen molar-refractivity contribution >= 4 is 51.0 Å². The van der Waals surface area contributed by atoms with E-state index >= 15 is 0 Å². The van der Waals surface area contributed by atoms with E-state index in [0.717, 1.165) is 18.8 Å². The molecule has 1 aromatic carbocycles. The predicted molar refractivity (Wildman–Crippen MR) is 173 cm³/mol. The number of anilines is 2. The first-order valence-corrected chi connectivity index (χ1v) is 16.7. The molecule has 2 fully saturated rings. The van der Waals surface area contributed by atoms with E-state index in [1.165, 1.54) is 4.90 Å². The third-order valence-corrected chi connectivity index (χ3v) is 10.1. The van der Waals surface area contributed by atoms with Crippen molar-refractivity contribution in [3.63, 3.8) is 0 Å². The summed E-state index contributed by atoms with van der Waals surface area (Å²) in [4.78, 5) is 60.7. The van der Waals surface area contributed by atoms with E-state index in [-0.39, 0.29) is 37.9 Å². The van der Waals surface area contributed by atoms with Crippen molar-refractivity contribution in [2.45, 2.75) is 76.9 Å². The van der Waals surface area contributed by atoms with Gasteiger partial charge in [-0.05, 0) is 64.0 Å². The topological polar surface area (TPSA) is 129 Å². The third-order valence-electron chi connectivity index (χ3n) is 9.40. The van der Waals surface area contributed by atoms with Crippen molar-refractivity contribution in [3.05, 3.63) is 47.0 Å². The number of amides is 3. The number of nitrogens with zero attached hydrogens (tertiary/aromatic N) is 3. The second-order valence-corrected chi connectivity index (χ2v) is 12.9. The lowest BCUT2D eigenvalue weighted by molar-refractivity contribution is -0.159. The molecule has 12 heteroatoms. The average molecular weight is 688 g/mol. The molecule has 3 amide bonds. The SMILES string of the molecule is CC[C@@H](CO)N1C(=O)[C@@H]2[C@H]3C(=O)O[C@@H](C)CNC(=O)CC/C=C\CN(c4ccc(N(CC)CC)cc4)C(=O)[C@@H]1[C@]21C=C(Br)[C@H]3O1. The summed E-state index contributed by atoms with van der Waals surface area (Å²) in [5.41, 5.74) is 0.199. The van der Waals surface area contributed by atoms with Gasteiger partial charge in [0.2, 0.25) is 11.8 Å². The fourth-order valence-corrected chi connectivity index (χ4v) is 7.83. The maximum Gasteiger partial charge on any atom is 0.313 e. The van der Waals surface area contributed by atoms with Crippen LogP contribution in [0.2, 0.25) is 0 Å². The second kappa shape index (κ2) is 13.6. The number of aliphatic hydroxyl groups excluding tert-OH is 1. The van der Waals surface area contributed by atoms with E-state index in [9.17, 15) is 24.3 Å². The van der Waals surface area contributed by atoms with Crippen molar-refractivity contribution in [3.8, 4) is 0 Å². The number of benzene rings is 1. The molecule has 0 saturated carbocycles. The van der Waals surface area contributed by atoms with Crippen molar-refractivity contribution in [1.29, 1.82) is 0 Å². The molecule has 1 aromatic rings. The number of halogens is 1. The molecule has 244 valence electrons. The smallest absolute Gasteiger partial charge is 0.313 e. The summed E-state index contributed by atoms with van der Waals surface area (Å²) >= 11 is 3.56. The highest BCUT2D eigenvalue weighted by atomic mass is 79.9. The number of ether oxygens (including phenoxy) is 2. The number of allylic oxidation sites excluding steroid dienone is 1. The van der Waals surface area contributed by atoms with E-state index in [1.807, 2.05) is 43.3 Å². The van der Waals surface area contributed by atoms with Crippen LogP contribution in [0.15, 0.2) is 47.0 Å². The van der Waals surface area contributed by atoms with Gasteiger partial charge >= 0.3 is 5.97 Å². The van der Waals surface area contributed by atoms with Crippen molar-refractivity contribution < 1.29 is 33.8 Å².